The zero-order valence-corrected chi connectivity index (χ0v) is 17.0. The van der Waals surface area contributed by atoms with Gasteiger partial charge in [0, 0.05) is 28.5 Å². The minimum Gasteiger partial charge on any atom is -0.497 e. The van der Waals surface area contributed by atoms with E-state index in [0.29, 0.717) is 18.8 Å². The van der Waals surface area contributed by atoms with Gasteiger partial charge in [-0.15, -0.1) is 0 Å². The fourth-order valence-electron chi connectivity index (χ4n) is 2.74. The van der Waals surface area contributed by atoms with Crippen LogP contribution in [0.15, 0.2) is 45.8 Å². The first-order valence-electron chi connectivity index (χ1n) is 8.18. The predicted octanol–water partition coefficient (Wildman–Crippen LogP) is 3.85. The molecule has 1 saturated heterocycles. The Balaban J connectivity index is 1.56. The number of hydrogen-bond acceptors (Lipinski definition) is 6. The second kappa shape index (κ2) is 8.48. The lowest BCUT2D eigenvalue weighted by Crippen LogP contribution is -2.58. The number of nitrogens with zero attached hydrogens (tertiary/aromatic N) is 2. The quantitative estimate of drug-likeness (QED) is 0.643. The molecule has 0 saturated carbocycles. The zero-order chi connectivity index (χ0) is 19.4. The highest BCUT2D eigenvalue weighted by Crippen LogP contribution is 2.41. The number of aliphatic hydroxyl groups excluding tert-OH is 1. The van der Waals surface area contributed by atoms with Crippen molar-refractivity contribution in [3.05, 3.63) is 52.3 Å². The van der Waals surface area contributed by atoms with Crippen LogP contribution in [0.5, 0.6) is 11.5 Å². The van der Waals surface area contributed by atoms with Gasteiger partial charge in [-0.05, 0) is 58.2 Å². The first kappa shape index (κ1) is 20.0. The van der Waals surface area contributed by atoms with E-state index in [9.17, 15) is 9.50 Å². The molecular weight excluding hydrogens is 435 g/mol. The van der Waals surface area contributed by atoms with E-state index in [2.05, 4.69) is 20.2 Å². The summed E-state index contributed by atoms with van der Waals surface area (Å²) in [7, 11) is 1.62. The Morgan fingerprint density at radius 1 is 1.30 bits per heavy atom. The third-order valence-electron chi connectivity index (χ3n) is 4.33. The van der Waals surface area contributed by atoms with Crippen molar-refractivity contribution >= 4 is 27.9 Å². The maximum absolute atomic E-state index is 13.7. The van der Waals surface area contributed by atoms with Gasteiger partial charge in [-0.1, -0.05) is 0 Å². The van der Waals surface area contributed by atoms with Crippen LogP contribution in [0.3, 0.4) is 0 Å². The van der Waals surface area contributed by atoms with Crippen LogP contribution in [0.1, 0.15) is 5.56 Å². The molecule has 0 atom stereocenters. The monoisotopic (exact) mass is 452 g/mol. The highest BCUT2D eigenvalue weighted by molar-refractivity contribution is 9.10. The van der Waals surface area contributed by atoms with Crippen LogP contribution >= 0.6 is 27.9 Å². The summed E-state index contributed by atoms with van der Waals surface area (Å²) in [6.07, 6.45) is 0. The van der Waals surface area contributed by atoms with Gasteiger partial charge < -0.3 is 14.6 Å². The molecule has 1 heterocycles. The molecule has 0 aromatic heterocycles. The number of aliphatic hydroxyl groups is 1. The van der Waals surface area contributed by atoms with Gasteiger partial charge in [0.1, 0.15) is 23.4 Å². The van der Waals surface area contributed by atoms with E-state index >= 15 is 0 Å². The lowest BCUT2D eigenvalue weighted by atomic mass is 9.83. The Morgan fingerprint density at radius 2 is 2.04 bits per heavy atom. The molecule has 27 heavy (non-hydrogen) atoms. The minimum absolute atomic E-state index is 0.0180. The number of halogens is 2. The van der Waals surface area contributed by atoms with Crippen molar-refractivity contribution < 1.29 is 19.0 Å². The molecular formula is C19H18BrFN2O3S. The Labute approximate surface area is 170 Å². The van der Waals surface area contributed by atoms with Gasteiger partial charge >= 0.3 is 0 Å². The topological polar surface area (TPSA) is 65.7 Å². The zero-order valence-electron chi connectivity index (χ0n) is 14.6. The van der Waals surface area contributed by atoms with Crippen LogP contribution in [-0.2, 0) is 0 Å². The highest BCUT2D eigenvalue weighted by Gasteiger charge is 2.44. The van der Waals surface area contributed by atoms with E-state index in [1.54, 1.807) is 31.2 Å². The molecule has 1 aliphatic rings. The molecule has 0 spiro atoms. The van der Waals surface area contributed by atoms with Crippen molar-refractivity contribution in [2.75, 3.05) is 33.4 Å². The van der Waals surface area contributed by atoms with Crippen LogP contribution < -0.4 is 9.47 Å². The van der Waals surface area contributed by atoms with Crippen molar-refractivity contribution in [3.8, 4) is 17.6 Å². The summed E-state index contributed by atoms with van der Waals surface area (Å²) in [6, 6.07) is 11.7. The number of ether oxygens (including phenoxy) is 2. The Hall–Kier alpha value is -1.79. The maximum Gasteiger partial charge on any atom is 0.144 e. The van der Waals surface area contributed by atoms with Gasteiger partial charge in [0.15, 0.2) is 0 Å². The number of nitriles is 1. The molecule has 0 radical (unpaired) electrons. The fourth-order valence-corrected chi connectivity index (χ4v) is 4.54. The summed E-state index contributed by atoms with van der Waals surface area (Å²) in [6.45, 7) is 1.54. The van der Waals surface area contributed by atoms with Crippen molar-refractivity contribution in [3.63, 3.8) is 0 Å². The molecule has 1 N–H and O–H groups in total. The van der Waals surface area contributed by atoms with Crippen LogP contribution in [0.2, 0.25) is 0 Å². The van der Waals surface area contributed by atoms with E-state index in [1.165, 1.54) is 12.1 Å². The summed E-state index contributed by atoms with van der Waals surface area (Å²) < 4.78 is 27.6. The number of hydrogen-bond donors (Lipinski definition) is 1. The number of methoxy groups -OCH3 is 1. The highest BCUT2D eigenvalue weighted by atomic mass is 79.9. The molecule has 1 fully saturated rings. The summed E-state index contributed by atoms with van der Waals surface area (Å²) in [5.41, 5.74) is -0.411. The third-order valence-corrected chi connectivity index (χ3v) is 6.32. The van der Waals surface area contributed by atoms with Crippen LogP contribution in [0.25, 0.3) is 0 Å². The Kier molecular flexibility index (Phi) is 6.27. The van der Waals surface area contributed by atoms with Crippen LogP contribution in [0.4, 0.5) is 4.39 Å². The van der Waals surface area contributed by atoms with Crippen molar-refractivity contribution in [2.45, 2.75) is 4.90 Å². The van der Waals surface area contributed by atoms with Crippen molar-refractivity contribution in [1.29, 1.82) is 5.26 Å². The molecule has 1 aliphatic heterocycles. The summed E-state index contributed by atoms with van der Waals surface area (Å²) in [5.74, 6) is 0.522. The normalized spacial score (nSPS) is 15.7. The van der Waals surface area contributed by atoms with Gasteiger partial charge in [-0.25, -0.2) is 8.70 Å². The van der Waals surface area contributed by atoms with E-state index < -0.39 is 11.2 Å². The van der Waals surface area contributed by atoms with Gasteiger partial charge in [-0.2, -0.15) is 5.26 Å². The van der Waals surface area contributed by atoms with Gasteiger partial charge in [0.25, 0.3) is 0 Å². The molecule has 0 aliphatic carbocycles. The second-order valence-electron chi connectivity index (χ2n) is 6.39. The lowest BCUT2D eigenvalue weighted by Gasteiger charge is -2.47. The smallest absolute Gasteiger partial charge is 0.144 e. The number of rotatable bonds is 7. The molecule has 0 unspecified atom stereocenters. The first-order chi connectivity index (χ1) is 13.0. The second-order valence-corrected chi connectivity index (χ2v) is 8.38. The van der Waals surface area contributed by atoms with E-state index in [0.717, 1.165) is 15.1 Å². The van der Waals surface area contributed by atoms with Crippen molar-refractivity contribution in [1.82, 2.24) is 4.31 Å². The summed E-state index contributed by atoms with van der Waals surface area (Å²) in [4.78, 5) is 1.05. The molecule has 2 aromatic rings. The van der Waals surface area contributed by atoms with E-state index in [4.69, 9.17) is 14.7 Å². The molecule has 0 bridgehead atoms. The summed E-state index contributed by atoms with van der Waals surface area (Å²) in [5, 5.41) is 18.6. The average Bonchev–Trinajstić information content (AvgIpc) is 2.64. The predicted molar refractivity (Wildman–Crippen MR) is 104 cm³/mol. The minimum atomic E-state index is -0.608. The number of benzene rings is 2. The Bertz CT molecular complexity index is 869. The lowest BCUT2D eigenvalue weighted by molar-refractivity contribution is -0.0227. The standard InChI is InChI=1S/C19H18BrFN2O3S/c1-25-14-4-5-18(16(20)6-14)27-23-9-19(10-23,11-24)12-26-15-3-2-13(8-22)17(21)7-15/h2-7,24H,9-12H2,1H3. The van der Waals surface area contributed by atoms with Gasteiger partial charge in [0.05, 0.1) is 31.3 Å². The third kappa shape index (κ3) is 4.55. The molecule has 0 amide bonds. The largest absolute Gasteiger partial charge is 0.497 e. The van der Waals surface area contributed by atoms with E-state index in [1.807, 2.05) is 18.2 Å². The fraction of sp³-hybridized carbons (Fsp3) is 0.316. The molecule has 8 heteroatoms. The summed E-state index contributed by atoms with van der Waals surface area (Å²) >= 11 is 5.13. The van der Waals surface area contributed by atoms with E-state index in [-0.39, 0.29) is 18.8 Å². The molecule has 5 nitrogen and oxygen atoms in total. The SMILES string of the molecule is COc1ccc(SN2CC(CO)(COc3ccc(C#N)c(F)c3)C2)c(Br)c1. The average molecular weight is 453 g/mol. The Morgan fingerprint density at radius 3 is 2.63 bits per heavy atom. The molecule has 2 aromatic carbocycles. The maximum atomic E-state index is 13.7. The van der Waals surface area contributed by atoms with Gasteiger partial charge in [-0.3, -0.25) is 0 Å². The van der Waals surface area contributed by atoms with Crippen LogP contribution in [-0.4, -0.2) is 42.8 Å². The van der Waals surface area contributed by atoms with Gasteiger partial charge in [0.2, 0.25) is 0 Å². The first-order valence-corrected chi connectivity index (χ1v) is 9.75. The molecule has 142 valence electrons. The van der Waals surface area contributed by atoms with Crippen LogP contribution in [0, 0.1) is 22.6 Å². The van der Waals surface area contributed by atoms with Crippen molar-refractivity contribution in [2.24, 2.45) is 5.41 Å². The molecule has 3 rings (SSSR count).